The maximum Gasteiger partial charge on any atom is 0.252 e. The van der Waals surface area contributed by atoms with E-state index in [4.69, 9.17) is 4.98 Å². The Hall–Kier alpha value is -3.52. The third-order valence-corrected chi connectivity index (χ3v) is 7.85. The first-order valence-electron chi connectivity index (χ1n) is 13.7. The molecule has 1 amide bonds. The van der Waals surface area contributed by atoms with E-state index in [0.29, 0.717) is 17.6 Å². The molecule has 3 heterocycles. The van der Waals surface area contributed by atoms with Crippen molar-refractivity contribution in [2.24, 2.45) is 5.92 Å². The molecule has 1 saturated heterocycles. The molecule has 1 aliphatic heterocycles. The molecule has 8 nitrogen and oxygen atoms in total. The normalized spacial score (nSPS) is 17.9. The maximum atomic E-state index is 12.4. The van der Waals surface area contributed by atoms with Gasteiger partial charge in [0, 0.05) is 55.9 Å². The molecule has 0 spiro atoms. The number of carbonyl (C=O) groups excluding carboxylic acids is 1. The highest BCUT2D eigenvalue weighted by atomic mass is 16.2. The Morgan fingerprint density at radius 3 is 2.37 bits per heavy atom. The molecular formula is C30H38N6O2. The van der Waals surface area contributed by atoms with Crippen molar-refractivity contribution in [1.82, 2.24) is 24.3 Å². The summed E-state index contributed by atoms with van der Waals surface area (Å²) < 4.78 is 1.70. The van der Waals surface area contributed by atoms with Crippen molar-refractivity contribution < 1.29 is 4.79 Å². The number of amides is 1. The van der Waals surface area contributed by atoms with Crippen molar-refractivity contribution in [2.45, 2.75) is 58.2 Å². The van der Waals surface area contributed by atoms with Crippen LogP contribution in [0.1, 0.15) is 69.3 Å². The van der Waals surface area contributed by atoms with Gasteiger partial charge in [-0.1, -0.05) is 43.7 Å². The van der Waals surface area contributed by atoms with Crippen LogP contribution in [0, 0.1) is 5.92 Å². The molecule has 2 aromatic heterocycles. The van der Waals surface area contributed by atoms with Crippen molar-refractivity contribution in [3.63, 3.8) is 0 Å². The summed E-state index contributed by atoms with van der Waals surface area (Å²) in [6.45, 7) is 13.0. The van der Waals surface area contributed by atoms with Crippen molar-refractivity contribution >= 4 is 22.9 Å². The fourth-order valence-electron chi connectivity index (χ4n) is 5.44. The zero-order valence-electron chi connectivity index (χ0n) is 22.6. The Morgan fingerprint density at radius 1 is 1.05 bits per heavy atom. The van der Waals surface area contributed by atoms with Crippen molar-refractivity contribution in [1.29, 1.82) is 0 Å². The summed E-state index contributed by atoms with van der Waals surface area (Å²) in [5.41, 5.74) is 3.07. The third-order valence-electron chi connectivity index (χ3n) is 7.85. The molecule has 2 atom stereocenters. The number of aromatic nitrogens is 3. The monoisotopic (exact) mass is 514 g/mol. The molecule has 8 heteroatoms. The van der Waals surface area contributed by atoms with Gasteiger partial charge in [0.1, 0.15) is 5.65 Å². The number of anilines is 1. The highest BCUT2D eigenvalue weighted by molar-refractivity contribution is 5.87. The van der Waals surface area contributed by atoms with Crippen LogP contribution in [0.4, 0.5) is 5.95 Å². The molecule has 1 aromatic carbocycles. The minimum atomic E-state index is -0.0599. The molecule has 1 N–H and O–H groups in total. The summed E-state index contributed by atoms with van der Waals surface area (Å²) in [6.07, 6.45) is 6.99. The Bertz CT molecular complexity index is 1350. The second-order valence-corrected chi connectivity index (χ2v) is 10.9. The van der Waals surface area contributed by atoms with Gasteiger partial charge in [-0.3, -0.25) is 19.1 Å². The largest absolute Gasteiger partial charge is 0.348 e. The van der Waals surface area contributed by atoms with Crippen LogP contribution in [0.3, 0.4) is 0 Å². The highest BCUT2D eigenvalue weighted by Crippen LogP contribution is 2.40. The van der Waals surface area contributed by atoms with E-state index in [2.05, 4.69) is 53.0 Å². The number of hydrogen-bond donors (Lipinski definition) is 1. The van der Waals surface area contributed by atoms with E-state index in [1.54, 1.807) is 22.9 Å². The summed E-state index contributed by atoms with van der Waals surface area (Å²) in [5.74, 6) is 1.34. The van der Waals surface area contributed by atoms with Gasteiger partial charge in [-0.15, -0.1) is 0 Å². The quantitative estimate of drug-likeness (QED) is 0.416. The molecule has 1 saturated carbocycles. The standard InChI is InChI=1S/C30H38N6O2/c1-5-27(37)35-16-14-34(15-17-35)26(18-22-6-7-22)24-10-8-23(9-11-24)21(4)32-30-31-19-25-12-13-28(38)36(20(2)3)29(25)33-30/h5,8-13,19-22,26H,1,6-7,14-18H2,2-4H3,(H,31,32,33). The van der Waals surface area contributed by atoms with Gasteiger partial charge >= 0.3 is 0 Å². The van der Waals surface area contributed by atoms with Gasteiger partial charge in [-0.05, 0) is 56.4 Å². The second-order valence-electron chi connectivity index (χ2n) is 10.9. The van der Waals surface area contributed by atoms with Gasteiger partial charge in [0.25, 0.3) is 5.56 Å². The number of hydrogen-bond acceptors (Lipinski definition) is 6. The van der Waals surface area contributed by atoms with Crippen LogP contribution < -0.4 is 10.9 Å². The Balaban J connectivity index is 1.30. The van der Waals surface area contributed by atoms with E-state index in [1.807, 2.05) is 18.7 Å². The summed E-state index contributed by atoms with van der Waals surface area (Å²) in [7, 11) is 0. The average Bonchev–Trinajstić information content (AvgIpc) is 3.75. The summed E-state index contributed by atoms with van der Waals surface area (Å²) in [4.78, 5) is 38.1. The molecule has 2 unspecified atom stereocenters. The topological polar surface area (TPSA) is 83.4 Å². The van der Waals surface area contributed by atoms with Crippen LogP contribution in [0.15, 0.2) is 60.0 Å². The fraction of sp³-hybridized carbons (Fsp3) is 0.467. The predicted octanol–water partition coefficient (Wildman–Crippen LogP) is 4.72. The van der Waals surface area contributed by atoms with E-state index < -0.39 is 0 Å². The van der Waals surface area contributed by atoms with E-state index >= 15 is 0 Å². The van der Waals surface area contributed by atoms with Crippen LogP contribution in [0.5, 0.6) is 0 Å². The lowest BCUT2D eigenvalue weighted by molar-refractivity contribution is -0.128. The number of pyridine rings is 1. The number of nitrogens with one attached hydrogen (secondary N) is 1. The summed E-state index contributed by atoms with van der Waals surface area (Å²) >= 11 is 0. The lowest BCUT2D eigenvalue weighted by Crippen LogP contribution is -2.49. The molecule has 2 fully saturated rings. The minimum Gasteiger partial charge on any atom is -0.348 e. The third kappa shape index (κ3) is 5.65. The van der Waals surface area contributed by atoms with Crippen LogP contribution in [-0.2, 0) is 4.79 Å². The molecule has 5 rings (SSSR count). The lowest BCUT2D eigenvalue weighted by Gasteiger charge is -2.39. The lowest BCUT2D eigenvalue weighted by atomic mass is 9.96. The Morgan fingerprint density at radius 2 is 1.74 bits per heavy atom. The smallest absolute Gasteiger partial charge is 0.252 e. The minimum absolute atomic E-state index is 0.000207. The molecule has 38 heavy (non-hydrogen) atoms. The van der Waals surface area contributed by atoms with Gasteiger partial charge in [-0.2, -0.15) is 4.98 Å². The number of nitrogens with zero attached hydrogens (tertiary/aromatic N) is 5. The van der Waals surface area contributed by atoms with Crippen molar-refractivity contribution in [2.75, 3.05) is 31.5 Å². The van der Waals surface area contributed by atoms with Crippen LogP contribution >= 0.6 is 0 Å². The first kappa shape index (κ1) is 26.1. The molecule has 0 bridgehead atoms. The van der Waals surface area contributed by atoms with Gasteiger partial charge in [0.05, 0.1) is 6.04 Å². The van der Waals surface area contributed by atoms with Gasteiger partial charge < -0.3 is 10.2 Å². The first-order chi connectivity index (χ1) is 18.3. The van der Waals surface area contributed by atoms with Crippen LogP contribution in [0.2, 0.25) is 0 Å². The molecular weight excluding hydrogens is 476 g/mol. The molecule has 3 aromatic rings. The second kappa shape index (κ2) is 11.1. The maximum absolute atomic E-state index is 12.4. The summed E-state index contributed by atoms with van der Waals surface area (Å²) in [5, 5.41) is 4.26. The number of piperazine rings is 1. The van der Waals surface area contributed by atoms with Gasteiger partial charge in [-0.25, -0.2) is 4.98 Å². The van der Waals surface area contributed by atoms with E-state index in [-0.39, 0.29) is 23.6 Å². The Labute approximate surface area is 224 Å². The molecule has 0 radical (unpaired) electrons. The summed E-state index contributed by atoms with van der Waals surface area (Å²) in [6, 6.07) is 12.6. The number of benzene rings is 1. The van der Waals surface area contributed by atoms with Crippen molar-refractivity contribution in [3.8, 4) is 0 Å². The van der Waals surface area contributed by atoms with Gasteiger partial charge in [0.2, 0.25) is 11.9 Å². The average molecular weight is 515 g/mol. The first-order valence-corrected chi connectivity index (χ1v) is 13.7. The number of carbonyl (C=O) groups is 1. The molecule has 2 aliphatic rings. The predicted molar refractivity (Wildman–Crippen MR) is 151 cm³/mol. The SMILES string of the molecule is C=CC(=O)N1CCN(C(CC2CC2)c2ccc(C(C)Nc3ncc4ccc(=O)n(C(C)C)c4n3)cc2)CC1. The molecule has 1 aliphatic carbocycles. The van der Waals surface area contributed by atoms with Crippen LogP contribution in [-0.4, -0.2) is 56.4 Å². The fourth-order valence-corrected chi connectivity index (χ4v) is 5.44. The number of rotatable bonds is 9. The van der Waals surface area contributed by atoms with E-state index in [9.17, 15) is 9.59 Å². The number of fused-ring (bicyclic) bond motifs is 1. The highest BCUT2D eigenvalue weighted by Gasteiger charge is 2.32. The zero-order chi connectivity index (χ0) is 26.8. The zero-order valence-corrected chi connectivity index (χ0v) is 22.6. The van der Waals surface area contributed by atoms with Crippen LogP contribution in [0.25, 0.3) is 11.0 Å². The van der Waals surface area contributed by atoms with Crippen molar-refractivity contribution in [3.05, 3.63) is 76.7 Å². The van der Waals surface area contributed by atoms with Gasteiger partial charge in [0.15, 0.2) is 0 Å². The van der Waals surface area contributed by atoms with E-state index in [1.165, 1.54) is 30.9 Å². The molecule has 200 valence electrons. The van der Waals surface area contributed by atoms with E-state index in [0.717, 1.165) is 43.0 Å². The Kier molecular flexibility index (Phi) is 7.61.